The summed E-state index contributed by atoms with van der Waals surface area (Å²) in [5, 5.41) is 14.3. The Bertz CT molecular complexity index is 534. The summed E-state index contributed by atoms with van der Waals surface area (Å²) in [4.78, 5) is 4.47. The smallest absolute Gasteiger partial charge is 0.208 e. The van der Waals surface area contributed by atoms with Crippen LogP contribution in [0.5, 0.6) is 5.75 Å². The number of nitrogens with zero attached hydrogens (tertiary/aromatic N) is 2. The van der Waals surface area contributed by atoms with Crippen LogP contribution in [0.4, 0.5) is 0 Å². The minimum Gasteiger partial charge on any atom is -0.468 e. The zero-order chi connectivity index (χ0) is 11.9. The van der Waals surface area contributed by atoms with E-state index in [1.54, 1.807) is 0 Å². The maximum Gasteiger partial charge on any atom is 0.208 e. The first-order valence-corrected chi connectivity index (χ1v) is 5.49. The first-order chi connectivity index (χ1) is 8.20. The number of hydrogen-bond donors (Lipinski definition) is 2. The van der Waals surface area contributed by atoms with E-state index in [4.69, 9.17) is 10.00 Å². The molecule has 0 radical (unpaired) electrons. The molecule has 2 aliphatic rings. The van der Waals surface area contributed by atoms with Gasteiger partial charge in [-0.2, -0.15) is 5.26 Å². The van der Waals surface area contributed by atoms with Gasteiger partial charge in [-0.25, -0.2) is 4.99 Å². The van der Waals surface area contributed by atoms with Crippen molar-refractivity contribution in [3.63, 3.8) is 0 Å². The molecule has 0 aliphatic carbocycles. The van der Waals surface area contributed by atoms with Gasteiger partial charge in [0.25, 0.3) is 0 Å². The third-order valence-electron chi connectivity index (χ3n) is 3.04. The molecular weight excluding hydrogens is 216 g/mol. The van der Waals surface area contributed by atoms with Gasteiger partial charge >= 0.3 is 0 Å². The summed E-state index contributed by atoms with van der Waals surface area (Å²) in [6, 6.07) is 7.92. The second-order valence-electron chi connectivity index (χ2n) is 4.43. The Kier molecular flexibility index (Phi) is 1.99. The molecule has 0 amide bonds. The van der Waals surface area contributed by atoms with E-state index in [0.29, 0.717) is 5.96 Å². The summed E-state index contributed by atoms with van der Waals surface area (Å²) in [5.74, 6) is 1.33. The zero-order valence-electron chi connectivity index (χ0n) is 9.40. The first-order valence-electron chi connectivity index (χ1n) is 5.49. The largest absolute Gasteiger partial charge is 0.468 e. The van der Waals surface area contributed by atoms with Gasteiger partial charge in [0, 0.05) is 12.0 Å². The van der Waals surface area contributed by atoms with Crippen LogP contribution in [-0.2, 0) is 0 Å². The van der Waals surface area contributed by atoms with Gasteiger partial charge in [-0.1, -0.05) is 18.2 Å². The van der Waals surface area contributed by atoms with E-state index in [2.05, 4.69) is 15.6 Å². The number of nitriles is 1. The van der Waals surface area contributed by atoms with E-state index in [1.807, 2.05) is 37.4 Å². The SMILES string of the molecule is C[C@]12C[C@@H](N=C(NC#N)N1)c1ccccc1O2. The molecule has 86 valence electrons. The van der Waals surface area contributed by atoms with Gasteiger partial charge in [-0.05, 0) is 13.0 Å². The molecule has 2 atom stereocenters. The van der Waals surface area contributed by atoms with Gasteiger partial charge in [-0.15, -0.1) is 0 Å². The van der Waals surface area contributed by atoms with Gasteiger partial charge in [-0.3, -0.25) is 5.32 Å². The van der Waals surface area contributed by atoms with Crippen molar-refractivity contribution in [3.05, 3.63) is 29.8 Å². The lowest BCUT2D eigenvalue weighted by molar-refractivity contribution is 0.0317. The van der Waals surface area contributed by atoms with Gasteiger partial charge in [0.05, 0.1) is 6.04 Å². The molecule has 0 aromatic heterocycles. The molecule has 5 heteroatoms. The second-order valence-corrected chi connectivity index (χ2v) is 4.43. The number of ether oxygens (including phenoxy) is 1. The van der Waals surface area contributed by atoms with Crippen LogP contribution >= 0.6 is 0 Å². The number of rotatable bonds is 0. The van der Waals surface area contributed by atoms with Gasteiger partial charge in [0.1, 0.15) is 5.75 Å². The quantitative estimate of drug-likeness (QED) is 0.518. The average molecular weight is 228 g/mol. The molecule has 17 heavy (non-hydrogen) atoms. The lowest BCUT2D eigenvalue weighted by atomic mass is 9.93. The normalized spacial score (nSPS) is 28.9. The fourth-order valence-electron chi connectivity index (χ4n) is 2.36. The molecule has 2 N–H and O–H groups in total. The lowest BCUT2D eigenvalue weighted by Gasteiger charge is -2.42. The van der Waals surface area contributed by atoms with Gasteiger partial charge in [0.2, 0.25) is 5.96 Å². The molecule has 0 saturated heterocycles. The molecule has 0 spiro atoms. The Hall–Kier alpha value is -2.22. The fraction of sp³-hybridized carbons (Fsp3) is 0.333. The number of hydrogen-bond acceptors (Lipinski definition) is 5. The van der Waals surface area contributed by atoms with Crippen molar-refractivity contribution < 1.29 is 4.74 Å². The highest BCUT2D eigenvalue weighted by Crippen LogP contribution is 2.42. The van der Waals surface area contributed by atoms with E-state index >= 15 is 0 Å². The Labute approximate surface area is 99.1 Å². The van der Waals surface area contributed by atoms with E-state index < -0.39 is 5.72 Å². The van der Waals surface area contributed by atoms with Crippen LogP contribution in [0.25, 0.3) is 0 Å². The predicted molar refractivity (Wildman–Crippen MR) is 62.2 cm³/mol. The van der Waals surface area contributed by atoms with Crippen LogP contribution < -0.4 is 15.4 Å². The summed E-state index contributed by atoms with van der Waals surface area (Å²) in [6.45, 7) is 1.96. The van der Waals surface area contributed by atoms with Crippen molar-refractivity contribution in [1.29, 1.82) is 5.26 Å². The van der Waals surface area contributed by atoms with Crippen LogP contribution in [0, 0.1) is 11.5 Å². The Balaban J connectivity index is 2.06. The fourth-order valence-corrected chi connectivity index (χ4v) is 2.36. The van der Waals surface area contributed by atoms with E-state index in [1.165, 1.54) is 0 Å². The molecule has 2 bridgehead atoms. The van der Waals surface area contributed by atoms with Crippen LogP contribution in [-0.4, -0.2) is 11.7 Å². The number of aliphatic imine (C=N–C) groups is 1. The van der Waals surface area contributed by atoms with Crippen molar-refractivity contribution in [1.82, 2.24) is 10.6 Å². The van der Waals surface area contributed by atoms with Gasteiger partial charge < -0.3 is 10.1 Å². The number of fused-ring (bicyclic) bond motifs is 4. The first kappa shape index (κ1) is 9.97. The average Bonchev–Trinajstić information content (AvgIpc) is 2.28. The summed E-state index contributed by atoms with van der Waals surface area (Å²) in [6.07, 6.45) is 2.63. The van der Waals surface area contributed by atoms with Gasteiger partial charge in [0.15, 0.2) is 11.9 Å². The van der Waals surface area contributed by atoms with Crippen LogP contribution in [0.15, 0.2) is 29.3 Å². The summed E-state index contributed by atoms with van der Waals surface area (Å²) in [5.41, 5.74) is 0.573. The molecule has 3 rings (SSSR count). The molecular formula is C12H12N4O. The highest BCUT2D eigenvalue weighted by Gasteiger charge is 2.41. The van der Waals surface area contributed by atoms with Crippen molar-refractivity contribution in [3.8, 4) is 11.9 Å². The van der Waals surface area contributed by atoms with E-state index in [9.17, 15) is 0 Å². The lowest BCUT2D eigenvalue weighted by Crippen LogP contribution is -2.58. The topological polar surface area (TPSA) is 69.4 Å². The maximum atomic E-state index is 8.64. The Morgan fingerprint density at radius 3 is 3.24 bits per heavy atom. The van der Waals surface area contributed by atoms with Crippen molar-refractivity contribution >= 4 is 5.96 Å². The Morgan fingerprint density at radius 2 is 2.41 bits per heavy atom. The molecule has 5 nitrogen and oxygen atoms in total. The third kappa shape index (κ3) is 1.58. The van der Waals surface area contributed by atoms with Crippen molar-refractivity contribution in [2.45, 2.75) is 25.1 Å². The van der Waals surface area contributed by atoms with Crippen molar-refractivity contribution in [2.24, 2.45) is 4.99 Å². The standard InChI is InChI=1S/C12H12N4O/c1-12-6-9(15-11(16-12)14-7-13)8-4-2-3-5-10(8)17-12/h2-5,9H,6H2,1H3,(H2,14,15,16)/t9-,12+/m1/s1. The van der Waals surface area contributed by atoms with Crippen LogP contribution in [0.1, 0.15) is 24.9 Å². The number of nitrogens with one attached hydrogen (secondary N) is 2. The monoisotopic (exact) mass is 228 g/mol. The summed E-state index contributed by atoms with van der Waals surface area (Å²) in [7, 11) is 0. The van der Waals surface area contributed by atoms with Crippen LogP contribution in [0.2, 0.25) is 0 Å². The highest BCUT2D eigenvalue weighted by atomic mass is 16.5. The van der Waals surface area contributed by atoms with E-state index in [-0.39, 0.29) is 6.04 Å². The maximum absolute atomic E-state index is 8.64. The summed E-state index contributed by atoms with van der Waals surface area (Å²) >= 11 is 0. The Morgan fingerprint density at radius 1 is 1.59 bits per heavy atom. The number of benzene rings is 1. The van der Waals surface area contributed by atoms with E-state index in [0.717, 1.165) is 17.7 Å². The molecule has 0 saturated carbocycles. The molecule has 1 aromatic carbocycles. The summed E-state index contributed by atoms with van der Waals surface area (Å²) < 4.78 is 5.93. The molecule has 0 unspecified atom stereocenters. The second kappa shape index (κ2) is 3.39. The molecule has 1 aromatic rings. The zero-order valence-corrected chi connectivity index (χ0v) is 9.40. The third-order valence-corrected chi connectivity index (χ3v) is 3.04. The molecule has 2 aliphatic heterocycles. The number of guanidine groups is 1. The molecule has 0 fully saturated rings. The number of para-hydroxylation sites is 1. The predicted octanol–water partition coefficient (Wildman–Crippen LogP) is 1.26. The highest BCUT2D eigenvalue weighted by molar-refractivity contribution is 5.83. The minimum absolute atomic E-state index is 0.0436. The molecule has 2 heterocycles. The van der Waals surface area contributed by atoms with Crippen LogP contribution in [0.3, 0.4) is 0 Å². The van der Waals surface area contributed by atoms with Crippen molar-refractivity contribution in [2.75, 3.05) is 0 Å². The minimum atomic E-state index is -0.500.